The van der Waals surface area contributed by atoms with E-state index in [1.54, 1.807) is 6.92 Å². The van der Waals surface area contributed by atoms with Crippen molar-refractivity contribution in [1.29, 1.82) is 0 Å². The largest absolute Gasteiger partial charge is 0.452 e. The second kappa shape index (κ2) is 9.26. The molecule has 1 N–H and O–H groups in total. The molecule has 0 saturated heterocycles. The van der Waals surface area contributed by atoms with Crippen LogP contribution >= 0.6 is 0 Å². The van der Waals surface area contributed by atoms with Gasteiger partial charge in [-0.05, 0) is 34.9 Å². The molecule has 4 aromatic carbocycles. The standard InChI is InChI=1S/C27H23NO3/c1-19(31-26(29)18-22-14-9-13-20-12-5-6-15-23(20)22)27(30)28-25-17-8-7-16-24(25)21-10-3-2-4-11-21/h2-17,19H,18H2,1H3,(H,28,30)/t19-/m1/s1. The Kier molecular flexibility index (Phi) is 6.08. The topological polar surface area (TPSA) is 55.4 Å². The molecule has 154 valence electrons. The van der Waals surface area contributed by atoms with E-state index in [0.29, 0.717) is 5.69 Å². The minimum atomic E-state index is -0.911. The molecule has 0 radical (unpaired) electrons. The third-order valence-electron chi connectivity index (χ3n) is 5.16. The maximum atomic E-state index is 12.7. The third-order valence-corrected chi connectivity index (χ3v) is 5.16. The highest BCUT2D eigenvalue weighted by atomic mass is 16.5. The van der Waals surface area contributed by atoms with Crippen molar-refractivity contribution in [3.05, 3.63) is 103 Å². The second-order valence-corrected chi connectivity index (χ2v) is 7.35. The van der Waals surface area contributed by atoms with Crippen molar-refractivity contribution >= 4 is 28.3 Å². The summed E-state index contributed by atoms with van der Waals surface area (Å²) in [5.74, 6) is -0.801. The Morgan fingerprint density at radius 2 is 1.48 bits per heavy atom. The van der Waals surface area contributed by atoms with Gasteiger partial charge in [-0.15, -0.1) is 0 Å². The Hall–Kier alpha value is -3.92. The van der Waals surface area contributed by atoms with Gasteiger partial charge in [0, 0.05) is 11.3 Å². The highest BCUT2D eigenvalue weighted by Crippen LogP contribution is 2.27. The minimum absolute atomic E-state index is 0.111. The van der Waals surface area contributed by atoms with Gasteiger partial charge in [-0.25, -0.2) is 0 Å². The summed E-state index contributed by atoms with van der Waals surface area (Å²) in [5.41, 5.74) is 3.46. The molecule has 4 heteroatoms. The van der Waals surface area contributed by atoms with Crippen LogP contribution in [0.1, 0.15) is 12.5 Å². The van der Waals surface area contributed by atoms with E-state index in [2.05, 4.69) is 5.32 Å². The monoisotopic (exact) mass is 409 g/mol. The average Bonchev–Trinajstić information content (AvgIpc) is 2.80. The number of esters is 1. The van der Waals surface area contributed by atoms with E-state index in [-0.39, 0.29) is 12.3 Å². The summed E-state index contributed by atoms with van der Waals surface area (Å²) in [6, 6.07) is 31.1. The SMILES string of the molecule is C[C@@H](OC(=O)Cc1cccc2ccccc12)C(=O)Nc1ccccc1-c1ccccc1. The number of hydrogen-bond acceptors (Lipinski definition) is 3. The van der Waals surface area contributed by atoms with Crippen LogP contribution in [-0.2, 0) is 20.7 Å². The van der Waals surface area contributed by atoms with Crippen LogP contribution < -0.4 is 5.32 Å². The lowest BCUT2D eigenvalue weighted by molar-refractivity contribution is -0.152. The van der Waals surface area contributed by atoms with E-state index >= 15 is 0 Å². The molecule has 0 aromatic heterocycles. The van der Waals surface area contributed by atoms with Crippen LogP contribution in [0.15, 0.2) is 97.1 Å². The highest BCUT2D eigenvalue weighted by Gasteiger charge is 2.20. The summed E-state index contributed by atoms with van der Waals surface area (Å²) < 4.78 is 5.43. The molecule has 0 saturated carbocycles. The number of anilines is 1. The fraction of sp³-hybridized carbons (Fsp3) is 0.111. The van der Waals surface area contributed by atoms with Crippen LogP contribution in [-0.4, -0.2) is 18.0 Å². The van der Waals surface area contributed by atoms with Gasteiger partial charge >= 0.3 is 5.97 Å². The third kappa shape index (κ3) is 4.81. The normalized spacial score (nSPS) is 11.6. The van der Waals surface area contributed by atoms with Crippen LogP contribution in [0.5, 0.6) is 0 Å². The predicted molar refractivity (Wildman–Crippen MR) is 124 cm³/mol. The van der Waals surface area contributed by atoms with Gasteiger partial charge in [0.05, 0.1) is 6.42 Å². The molecule has 1 atom stereocenters. The Balaban J connectivity index is 1.43. The minimum Gasteiger partial charge on any atom is -0.452 e. The van der Waals surface area contributed by atoms with E-state index < -0.39 is 12.1 Å². The number of hydrogen-bond donors (Lipinski definition) is 1. The van der Waals surface area contributed by atoms with Crippen LogP contribution in [0.2, 0.25) is 0 Å². The molecule has 0 aliphatic carbocycles. The number of fused-ring (bicyclic) bond motifs is 1. The van der Waals surface area contributed by atoms with Crippen molar-refractivity contribution in [2.24, 2.45) is 0 Å². The lowest BCUT2D eigenvalue weighted by Crippen LogP contribution is -2.30. The van der Waals surface area contributed by atoms with Crippen LogP contribution in [0, 0.1) is 0 Å². The van der Waals surface area contributed by atoms with Gasteiger partial charge in [0.2, 0.25) is 0 Å². The molecule has 4 rings (SSSR count). The van der Waals surface area contributed by atoms with Crippen molar-refractivity contribution in [2.45, 2.75) is 19.4 Å². The first kappa shape index (κ1) is 20.4. The molecule has 0 aliphatic rings. The number of carbonyl (C=O) groups is 2. The number of amides is 1. The summed E-state index contributed by atoms with van der Waals surface area (Å²) >= 11 is 0. The van der Waals surface area contributed by atoms with Crippen molar-refractivity contribution in [1.82, 2.24) is 0 Å². The number of nitrogens with one attached hydrogen (secondary N) is 1. The fourth-order valence-corrected chi connectivity index (χ4v) is 3.59. The molecule has 4 aromatic rings. The zero-order chi connectivity index (χ0) is 21.6. The van der Waals surface area contributed by atoms with Gasteiger partial charge in [-0.3, -0.25) is 9.59 Å². The lowest BCUT2D eigenvalue weighted by atomic mass is 10.0. The van der Waals surface area contributed by atoms with Gasteiger partial charge in [0.25, 0.3) is 5.91 Å². The zero-order valence-electron chi connectivity index (χ0n) is 17.2. The van der Waals surface area contributed by atoms with E-state index in [9.17, 15) is 9.59 Å². The first-order valence-corrected chi connectivity index (χ1v) is 10.2. The van der Waals surface area contributed by atoms with E-state index in [4.69, 9.17) is 4.74 Å². The molecule has 0 bridgehead atoms. The molecular formula is C27H23NO3. The number of rotatable bonds is 6. The van der Waals surface area contributed by atoms with E-state index in [1.165, 1.54) is 0 Å². The first-order valence-electron chi connectivity index (χ1n) is 10.2. The van der Waals surface area contributed by atoms with Gasteiger partial charge in [-0.2, -0.15) is 0 Å². The van der Waals surface area contributed by atoms with Crippen LogP contribution in [0.25, 0.3) is 21.9 Å². The average molecular weight is 409 g/mol. The summed E-state index contributed by atoms with van der Waals surface area (Å²) in [6.07, 6.45) is -0.800. The molecule has 31 heavy (non-hydrogen) atoms. The Labute approximate surface area is 181 Å². The molecule has 0 fully saturated rings. The quantitative estimate of drug-likeness (QED) is 0.421. The number of para-hydroxylation sites is 1. The smallest absolute Gasteiger partial charge is 0.311 e. The lowest BCUT2D eigenvalue weighted by Gasteiger charge is -2.16. The van der Waals surface area contributed by atoms with Crippen molar-refractivity contribution in [3.8, 4) is 11.1 Å². The van der Waals surface area contributed by atoms with Gasteiger partial charge in [0.15, 0.2) is 6.10 Å². The maximum Gasteiger partial charge on any atom is 0.311 e. The van der Waals surface area contributed by atoms with E-state index in [1.807, 2.05) is 97.1 Å². The fourth-order valence-electron chi connectivity index (χ4n) is 3.59. The zero-order valence-corrected chi connectivity index (χ0v) is 17.2. The second-order valence-electron chi connectivity index (χ2n) is 7.35. The van der Waals surface area contributed by atoms with Crippen LogP contribution in [0.3, 0.4) is 0 Å². The Morgan fingerprint density at radius 3 is 2.32 bits per heavy atom. The molecule has 0 aliphatic heterocycles. The van der Waals surface area contributed by atoms with Crippen molar-refractivity contribution in [3.63, 3.8) is 0 Å². The summed E-state index contributed by atoms with van der Waals surface area (Å²) in [7, 11) is 0. The first-order chi connectivity index (χ1) is 15.1. The Bertz CT molecular complexity index is 1210. The molecule has 0 heterocycles. The molecule has 0 unspecified atom stereocenters. The summed E-state index contributed by atoms with van der Waals surface area (Å²) in [6.45, 7) is 1.58. The predicted octanol–water partition coefficient (Wildman–Crippen LogP) is 5.62. The molecule has 1 amide bonds. The number of carbonyl (C=O) groups excluding carboxylic acids is 2. The van der Waals surface area contributed by atoms with Crippen molar-refractivity contribution in [2.75, 3.05) is 5.32 Å². The van der Waals surface area contributed by atoms with E-state index in [0.717, 1.165) is 27.5 Å². The molecule has 4 nitrogen and oxygen atoms in total. The molecule has 0 spiro atoms. The highest BCUT2D eigenvalue weighted by molar-refractivity contribution is 5.99. The van der Waals surface area contributed by atoms with Gasteiger partial charge in [0.1, 0.15) is 0 Å². The Morgan fingerprint density at radius 1 is 0.806 bits per heavy atom. The van der Waals surface area contributed by atoms with Crippen molar-refractivity contribution < 1.29 is 14.3 Å². The summed E-state index contributed by atoms with van der Waals surface area (Å²) in [4.78, 5) is 25.2. The maximum absolute atomic E-state index is 12.7. The molecular weight excluding hydrogens is 386 g/mol. The number of ether oxygens (including phenoxy) is 1. The van der Waals surface area contributed by atoms with Gasteiger partial charge in [-0.1, -0.05) is 91.0 Å². The van der Waals surface area contributed by atoms with Crippen LogP contribution in [0.4, 0.5) is 5.69 Å². The summed E-state index contributed by atoms with van der Waals surface area (Å²) in [5, 5.41) is 4.97. The van der Waals surface area contributed by atoms with Gasteiger partial charge < -0.3 is 10.1 Å². The number of benzene rings is 4.